The fraction of sp³-hybridized carbons (Fsp3) is 0.529. The van der Waals surface area contributed by atoms with Crippen LogP contribution in [0, 0.1) is 5.82 Å². The van der Waals surface area contributed by atoms with Gasteiger partial charge in [0.25, 0.3) is 5.91 Å². The second kappa shape index (κ2) is 7.80. The highest BCUT2D eigenvalue weighted by atomic mass is 79.9. The number of carbonyl (C=O) groups is 1. The van der Waals surface area contributed by atoms with Gasteiger partial charge in [0.1, 0.15) is 11.4 Å². The summed E-state index contributed by atoms with van der Waals surface area (Å²) < 4.78 is 25.6. The average Bonchev–Trinajstić information content (AvgIpc) is 2.77. The fourth-order valence-electron chi connectivity index (χ4n) is 2.63. The van der Waals surface area contributed by atoms with Crippen molar-refractivity contribution in [2.45, 2.75) is 39.0 Å². The maximum atomic E-state index is 14.7. The summed E-state index contributed by atoms with van der Waals surface area (Å²) in [7, 11) is 3.01. The molecule has 0 atom stereocenters. The van der Waals surface area contributed by atoms with Crippen molar-refractivity contribution in [3.63, 3.8) is 0 Å². The van der Waals surface area contributed by atoms with E-state index >= 15 is 0 Å². The third-order valence-corrected chi connectivity index (χ3v) is 4.46. The third-order valence-electron chi connectivity index (χ3n) is 4.00. The molecular weight excluding hydrogens is 393 g/mol. The molecule has 1 amide bonds. The zero-order valence-electron chi connectivity index (χ0n) is 15.0. The van der Waals surface area contributed by atoms with Crippen LogP contribution in [-0.2, 0) is 20.7 Å². The van der Waals surface area contributed by atoms with E-state index in [9.17, 15) is 9.18 Å². The molecule has 6 nitrogen and oxygen atoms in total. The number of anilines is 1. The molecule has 0 spiro atoms. The van der Waals surface area contributed by atoms with E-state index in [1.165, 1.54) is 25.2 Å². The Hall–Kier alpha value is -1.51. The highest BCUT2D eigenvalue weighted by Crippen LogP contribution is 2.33. The summed E-state index contributed by atoms with van der Waals surface area (Å²) in [6.45, 7) is 5.55. The van der Waals surface area contributed by atoms with E-state index in [1.54, 1.807) is 13.8 Å². The van der Waals surface area contributed by atoms with Crippen molar-refractivity contribution in [1.29, 1.82) is 0 Å². The summed E-state index contributed by atoms with van der Waals surface area (Å²) in [5, 5.41) is 3.06. The van der Waals surface area contributed by atoms with E-state index in [1.807, 2.05) is 13.0 Å². The van der Waals surface area contributed by atoms with Crippen LogP contribution in [-0.4, -0.2) is 44.5 Å². The van der Waals surface area contributed by atoms with Crippen LogP contribution in [0.3, 0.4) is 0 Å². The molecule has 8 heteroatoms. The number of rotatable bonds is 6. The quantitative estimate of drug-likeness (QED) is 0.725. The molecule has 0 aromatic heterocycles. The Kier molecular flexibility index (Phi) is 6.18. The SMILES string of the molecule is CCc1cc(Br)cc(F)c1N1C(=O)C(C)(C)NC1=NCC(OC)OC. The number of nitrogens with one attached hydrogen (secondary N) is 1. The smallest absolute Gasteiger partial charge is 0.259 e. The van der Waals surface area contributed by atoms with E-state index < -0.39 is 17.6 Å². The predicted octanol–water partition coefficient (Wildman–Crippen LogP) is 2.84. The molecule has 1 N–H and O–H groups in total. The number of hydrogen-bond donors (Lipinski definition) is 1. The molecule has 2 rings (SSSR count). The fourth-order valence-corrected chi connectivity index (χ4v) is 3.11. The molecule has 0 unspecified atom stereocenters. The minimum Gasteiger partial charge on any atom is -0.354 e. The van der Waals surface area contributed by atoms with Gasteiger partial charge in [-0.25, -0.2) is 14.3 Å². The van der Waals surface area contributed by atoms with Gasteiger partial charge in [-0.2, -0.15) is 0 Å². The first kappa shape index (κ1) is 19.8. The van der Waals surface area contributed by atoms with Crippen LogP contribution in [0.15, 0.2) is 21.6 Å². The second-order valence-electron chi connectivity index (χ2n) is 6.20. The lowest BCUT2D eigenvalue weighted by Gasteiger charge is -2.21. The number of hydrogen-bond acceptors (Lipinski definition) is 4. The maximum Gasteiger partial charge on any atom is 0.259 e. The number of benzene rings is 1. The molecule has 1 fully saturated rings. The van der Waals surface area contributed by atoms with Crippen molar-refractivity contribution in [3.8, 4) is 0 Å². The molecule has 1 saturated heterocycles. The van der Waals surface area contributed by atoms with Crippen LogP contribution in [0.5, 0.6) is 0 Å². The van der Waals surface area contributed by atoms with E-state index in [0.717, 1.165) is 0 Å². The first-order chi connectivity index (χ1) is 11.7. The Morgan fingerprint density at radius 2 is 2.00 bits per heavy atom. The van der Waals surface area contributed by atoms with Crippen LogP contribution < -0.4 is 10.2 Å². The Labute approximate surface area is 155 Å². The molecule has 0 bridgehead atoms. The summed E-state index contributed by atoms with van der Waals surface area (Å²) in [5.74, 6) is -0.472. The Morgan fingerprint density at radius 1 is 1.36 bits per heavy atom. The second-order valence-corrected chi connectivity index (χ2v) is 7.12. The highest BCUT2D eigenvalue weighted by Gasteiger charge is 2.45. The predicted molar refractivity (Wildman–Crippen MR) is 98.3 cm³/mol. The van der Waals surface area contributed by atoms with Gasteiger partial charge in [0.05, 0.1) is 12.2 Å². The molecule has 25 heavy (non-hydrogen) atoms. The molecule has 1 aromatic carbocycles. The number of methoxy groups -OCH3 is 2. The van der Waals surface area contributed by atoms with Gasteiger partial charge in [0.2, 0.25) is 5.96 Å². The summed E-state index contributed by atoms with van der Waals surface area (Å²) in [6.07, 6.45) is 0.0254. The summed E-state index contributed by atoms with van der Waals surface area (Å²) in [4.78, 5) is 18.6. The van der Waals surface area contributed by atoms with Crippen LogP contribution in [0.4, 0.5) is 10.1 Å². The van der Waals surface area contributed by atoms with Crippen molar-refractivity contribution >= 4 is 33.5 Å². The number of carbonyl (C=O) groups excluding carboxylic acids is 1. The van der Waals surface area contributed by atoms with E-state index in [-0.39, 0.29) is 24.1 Å². The number of guanidine groups is 1. The minimum absolute atomic E-state index is 0.175. The lowest BCUT2D eigenvalue weighted by atomic mass is 10.0. The molecule has 0 radical (unpaired) electrons. The highest BCUT2D eigenvalue weighted by molar-refractivity contribution is 9.10. The standard InChI is InChI=1S/C17H23BrFN3O3/c1-6-10-7-11(18)8-12(19)14(10)22-15(23)17(2,3)21-16(22)20-9-13(24-4)25-5/h7-8,13H,6,9H2,1-5H3,(H,20,21). The van der Waals surface area contributed by atoms with Gasteiger partial charge in [-0.15, -0.1) is 0 Å². The first-order valence-electron chi connectivity index (χ1n) is 7.95. The number of ether oxygens (including phenoxy) is 2. The first-order valence-corrected chi connectivity index (χ1v) is 8.75. The summed E-state index contributed by atoms with van der Waals surface area (Å²) in [6, 6.07) is 3.15. The lowest BCUT2D eigenvalue weighted by molar-refractivity contribution is -0.121. The van der Waals surface area contributed by atoms with Gasteiger partial charge in [0.15, 0.2) is 6.29 Å². The zero-order valence-corrected chi connectivity index (χ0v) is 16.6. The molecule has 1 aliphatic rings. The number of halogens is 2. The number of aliphatic imine (C=N–C) groups is 1. The molecule has 1 heterocycles. The normalized spacial score (nSPS) is 18.3. The van der Waals surface area contributed by atoms with Crippen molar-refractivity contribution in [2.24, 2.45) is 4.99 Å². The number of amides is 1. The zero-order chi connectivity index (χ0) is 18.8. The van der Waals surface area contributed by atoms with Crippen molar-refractivity contribution in [2.75, 3.05) is 25.7 Å². The van der Waals surface area contributed by atoms with E-state index in [2.05, 4.69) is 26.2 Å². The van der Waals surface area contributed by atoms with Gasteiger partial charge in [-0.05, 0) is 38.0 Å². The van der Waals surface area contributed by atoms with Gasteiger partial charge in [-0.1, -0.05) is 22.9 Å². The van der Waals surface area contributed by atoms with E-state index in [0.29, 0.717) is 16.5 Å². The molecule has 1 aliphatic heterocycles. The maximum absolute atomic E-state index is 14.7. The molecule has 0 saturated carbocycles. The Balaban J connectivity index is 2.52. The molecular formula is C17H23BrFN3O3. The van der Waals surface area contributed by atoms with Crippen molar-refractivity contribution < 1.29 is 18.7 Å². The Bertz CT molecular complexity index is 690. The van der Waals surface area contributed by atoms with Crippen molar-refractivity contribution in [3.05, 3.63) is 28.0 Å². The van der Waals surface area contributed by atoms with Gasteiger partial charge >= 0.3 is 0 Å². The van der Waals surface area contributed by atoms with Crippen LogP contribution in [0.1, 0.15) is 26.3 Å². The van der Waals surface area contributed by atoms with Gasteiger partial charge in [-0.3, -0.25) is 4.79 Å². The summed E-state index contributed by atoms with van der Waals surface area (Å²) in [5.41, 5.74) is 0.0419. The number of nitrogens with zero attached hydrogens (tertiary/aromatic N) is 2. The lowest BCUT2D eigenvalue weighted by Crippen LogP contribution is -2.40. The monoisotopic (exact) mass is 415 g/mol. The van der Waals surface area contributed by atoms with Crippen LogP contribution >= 0.6 is 15.9 Å². The van der Waals surface area contributed by atoms with Crippen LogP contribution in [0.2, 0.25) is 0 Å². The topological polar surface area (TPSA) is 63.2 Å². The molecule has 1 aromatic rings. The van der Waals surface area contributed by atoms with Crippen LogP contribution in [0.25, 0.3) is 0 Å². The number of aryl methyl sites for hydroxylation is 1. The summed E-state index contributed by atoms with van der Waals surface area (Å²) >= 11 is 3.30. The van der Waals surface area contributed by atoms with Crippen molar-refractivity contribution in [1.82, 2.24) is 5.32 Å². The van der Waals surface area contributed by atoms with E-state index in [4.69, 9.17) is 9.47 Å². The van der Waals surface area contributed by atoms with Gasteiger partial charge in [0, 0.05) is 18.7 Å². The molecule has 138 valence electrons. The largest absolute Gasteiger partial charge is 0.354 e. The average molecular weight is 416 g/mol. The molecule has 0 aliphatic carbocycles. The van der Waals surface area contributed by atoms with Gasteiger partial charge < -0.3 is 14.8 Å². The Morgan fingerprint density at radius 3 is 2.56 bits per heavy atom. The third kappa shape index (κ3) is 4.02. The minimum atomic E-state index is -0.890.